The number of H-pyrrole nitrogens is 1. The van der Waals surface area contributed by atoms with Gasteiger partial charge < -0.3 is 11.1 Å². The lowest BCUT2D eigenvalue weighted by Crippen LogP contribution is -2.19. The van der Waals surface area contributed by atoms with E-state index in [1.54, 1.807) is 18.2 Å². The van der Waals surface area contributed by atoms with Crippen molar-refractivity contribution >= 4 is 35.0 Å². The molecule has 1 amide bonds. The summed E-state index contributed by atoms with van der Waals surface area (Å²) in [5.74, 6) is -0.0369. The minimum atomic E-state index is -0.0369. The van der Waals surface area contributed by atoms with Crippen molar-refractivity contribution in [1.82, 2.24) is 15.4 Å². The first-order chi connectivity index (χ1) is 8.15. The summed E-state index contributed by atoms with van der Waals surface area (Å²) in [7, 11) is 0. The number of carbonyl (C=O) groups excluding carboxylic acids is 1. The number of halogens is 1. The topological polar surface area (TPSA) is 96.7 Å². The van der Waals surface area contributed by atoms with Crippen LogP contribution in [0.15, 0.2) is 18.2 Å². The first-order valence-corrected chi connectivity index (χ1v) is 5.51. The Bertz CT molecular complexity index is 525. The molecule has 18 heavy (non-hydrogen) atoms. The highest BCUT2D eigenvalue weighted by atomic mass is 35.5. The number of anilines is 1. The molecule has 1 aromatic carbocycles. The average Bonchev–Trinajstić information content (AvgIpc) is 2.73. The molecule has 1 heterocycles. The van der Waals surface area contributed by atoms with Crippen LogP contribution < -0.4 is 11.1 Å². The number of nitrogens with zero attached hydrogens (tertiary/aromatic N) is 2. The molecule has 2 rings (SSSR count). The highest BCUT2D eigenvalue weighted by Crippen LogP contribution is 2.15. The lowest BCUT2D eigenvalue weighted by Gasteiger charge is -2.06. The zero-order valence-corrected chi connectivity index (χ0v) is 10.8. The van der Waals surface area contributed by atoms with Crippen LogP contribution in [0.1, 0.15) is 19.8 Å². The number of nitrogens with one attached hydrogen (secondary N) is 2. The van der Waals surface area contributed by atoms with Gasteiger partial charge in [0.25, 0.3) is 0 Å². The molecule has 1 atom stereocenters. The minimum absolute atomic E-state index is 0. The Kier molecular flexibility index (Phi) is 5.06. The lowest BCUT2D eigenvalue weighted by atomic mass is 10.2. The maximum Gasteiger partial charge on any atom is 0.224 e. The van der Waals surface area contributed by atoms with Gasteiger partial charge in [-0.1, -0.05) is 0 Å². The molecule has 0 saturated heterocycles. The summed E-state index contributed by atoms with van der Waals surface area (Å²) in [5.41, 5.74) is 7.82. The molecule has 0 aliphatic carbocycles. The number of rotatable bonds is 4. The Morgan fingerprint density at radius 2 is 2.17 bits per heavy atom. The maximum atomic E-state index is 11.6. The molecule has 7 heteroatoms. The number of amides is 1. The van der Waals surface area contributed by atoms with Crippen molar-refractivity contribution in [3.05, 3.63) is 18.2 Å². The van der Waals surface area contributed by atoms with Gasteiger partial charge in [0.05, 0.1) is 0 Å². The van der Waals surface area contributed by atoms with Crippen LogP contribution in [0.3, 0.4) is 0 Å². The number of hydrogen-bond acceptors (Lipinski definition) is 4. The van der Waals surface area contributed by atoms with Gasteiger partial charge in [-0.2, -0.15) is 15.4 Å². The molecule has 4 N–H and O–H groups in total. The van der Waals surface area contributed by atoms with E-state index in [4.69, 9.17) is 5.73 Å². The summed E-state index contributed by atoms with van der Waals surface area (Å²) >= 11 is 0. The summed E-state index contributed by atoms with van der Waals surface area (Å²) < 4.78 is 0. The van der Waals surface area contributed by atoms with E-state index in [2.05, 4.69) is 20.7 Å². The van der Waals surface area contributed by atoms with E-state index in [1.807, 2.05) is 6.92 Å². The normalized spacial score (nSPS) is 11.9. The molecular weight excluding hydrogens is 254 g/mol. The highest BCUT2D eigenvalue weighted by molar-refractivity contribution is 5.92. The Morgan fingerprint density at radius 3 is 2.89 bits per heavy atom. The zero-order chi connectivity index (χ0) is 12.3. The van der Waals surface area contributed by atoms with Crippen LogP contribution in [0.5, 0.6) is 0 Å². The van der Waals surface area contributed by atoms with Crippen LogP contribution in [-0.2, 0) is 4.79 Å². The van der Waals surface area contributed by atoms with Gasteiger partial charge >= 0.3 is 0 Å². The van der Waals surface area contributed by atoms with Gasteiger partial charge in [0, 0.05) is 18.2 Å². The van der Waals surface area contributed by atoms with Crippen LogP contribution in [0, 0.1) is 0 Å². The Labute approximate surface area is 111 Å². The molecule has 0 saturated carbocycles. The first-order valence-electron chi connectivity index (χ1n) is 5.51. The lowest BCUT2D eigenvalue weighted by molar-refractivity contribution is -0.116. The molecule has 1 aromatic heterocycles. The maximum absolute atomic E-state index is 11.6. The number of nitrogens with two attached hydrogens (primary N) is 1. The number of fused-ring (bicyclic) bond motifs is 1. The van der Waals surface area contributed by atoms with Gasteiger partial charge in [-0.25, -0.2) is 0 Å². The summed E-state index contributed by atoms with van der Waals surface area (Å²) in [4.78, 5) is 11.6. The fraction of sp³-hybridized carbons (Fsp3) is 0.364. The fourth-order valence-corrected chi connectivity index (χ4v) is 1.50. The van der Waals surface area contributed by atoms with Gasteiger partial charge in [0.1, 0.15) is 11.0 Å². The number of aromatic amines is 1. The van der Waals surface area contributed by atoms with E-state index < -0.39 is 0 Å². The number of carbonyl (C=O) groups is 1. The third-order valence-corrected chi connectivity index (χ3v) is 2.43. The predicted octanol–water partition coefficient (Wildman–Crippen LogP) is 1.45. The smallest absolute Gasteiger partial charge is 0.224 e. The van der Waals surface area contributed by atoms with Crippen molar-refractivity contribution in [2.75, 3.05) is 5.32 Å². The third-order valence-electron chi connectivity index (χ3n) is 2.43. The molecule has 0 fully saturated rings. The average molecular weight is 270 g/mol. The Hall–Kier alpha value is -1.66. The molecule has 0 bridgehead atoms. The summed E-state index contributed by atoms with van der Waals surface area (Å²) in [5, 5.41) is 13.2. The van der Waals surface area contributed by atoms with Crippen molar-refractivity contribution in [2.45, 2.75) is 25.8 Å². The standard InChI is InChI=1S/C11H15N5O.ClH/c1-7(12)2-5-11(17)13-8-3-4-9-10(6-8)15-16-14-9;/h3-4,6-7H,2,5,12H2,1H3,(H,13,17)(H,14,15,16);1H. The second-order valence-electron chi connectivity index (χ2n) is 4.09. The largest absolute Gasteiger partial charge is 0.328 e. The quantitative estimate of drug-likeness (QED) is 0.782. The van der Waals surface area contributed by atoms with E-state index in [1.165, 1.54) is 0 Å². The van der Waals surface area contributed by atoms with Crippen LogP contribution in [0.4, 0.5) is 5.69 Å². The molecule has 2 aromatic rings. The van der Waals surface area contributed by atoms with E-state index >= 15 is 0 Å². The molecule has 0 aliphatic rings. The first kappa shape index (κ1) is 14.4. The van der Waals surface area contributed by atoms with Crippen molar-refractivity contribution in [3.63, 3.8) is 0 Å². The second-order valence-corrected chi connectivity index (χ2v) is 4.09. The molecule has 0 radical (unpaired) electrons. The second kappa shape index (κ2) is 6.32. The molecule has 1 unspecified atom stereocenters. The number of benzene rings is 1. The van der Waals surface area contributed by atoms with Gasteiger partial charge in [-0.15, -0.1) is 12.4 Å². The summed E-state index contributed by atoms with van der Waals surface area (Å²) in [6.45, 7) is 1.88. The summed E-state index contributed by atoms with van der Waals surface area (Å²) in [6, 6.07) is 5.43. The van der Waals surface area contributed by atoms with Gasteiger partial charge in [-0.05, 0) is 31.5 Å². The SMILES string of the molecule is CC(N)CCC(=O)Nc1ccc2n[nH]nc2c1.Cl. The molecule has 98 valence electrons. The van der Waals surface area contributed by atoms with E-state index in [9.17, 15) is 4.79 Å². The van der Waals surface area contributed by atoms with E-state index in [0.29, 0.717) is 12.8 Å². The zero-order valence-electron chi connectivity index (χ0n) is 10.0. The monoisotopic (exact) mass is 269 g/mol. The predicted molar refractivity (Wildman–Crippen MR) is 72.6 cm³/mol. The van der Waals surface area contributed by atoms with Crippen molar-refractivity contribution in [3.8, 4) is 0 Å². The van der Waals surface area contributed by atoms with Gasteiger partial charge in [0.2, 0.25) is 5.91 Å². The fourth-order valence-electron chi connectivity index (χ4n) is 1.50. The number of aromatic nitrogens is 3. The van der Waals surface area contributed by atoms with Crippen LogP contribution in [0.2, 0.25) is 0 Å². The molecule has 6 nitrogen and oxygen atoms in total. The summed E-state index contributed by atoms with van der Waals surface area (Å²) in [6.07, 6.45) is 1.10. The van der Waals surface area contributed by atoms with Crippen molar-refractivity contribution in [1.29, 1.82) is 0 Å². The van der Waals surface area contributed by atoms with Crippen LogP contribution >= 0.6 is 12.4 Å². The molecular formula is C11H16ClN5O. The van der Waals surface area contributed by atoms with E-state index in [0.717, 1.165) is 16.7 Å². The minimum Gasteiger partial charge on any atom is -0.328 e. The third kappa shape index (κ3) is 3.68. The van der Waals surface area contributed by atoms with Crippen LogP contribution in [0.25, 0.3) is 11.0 Å². The Morgan fingerprint density at radius 1 is 1.44 bits per heavy atom. The highest BCUT2D eigenvalue weighted by Gasteiger charge is 2.05. The molecule has 0 aliphatic heterocycles. The van der Waals surface area contributed by atoms with Crippen LogP contribution in [-0.4, -0.2) is 27.4 Å². The van der Waals surface area contributed by atoms with Gasteiger partial charge in [-0.3, -0.25) is 4.79 Å². The number of hydrogen-bond donors (Lipinski definition) is 3. The van der Waals surface area contributed by atoms with Crippen molar-refractivity contribution in [2.24, 2.45) is 5.73 Å². The Balaban J connectivity index is 0.00000162. The van der Waals surface area contributed by atoms with Crippen molar-refractivity contribution < 1.29 is 4.79 Å². The molecule has 0 spiro atoms. The van der Waals surface area contributed by atoms with Gasteiger partial charge in [0.15, 0.2) is 0 Å². The van der Waals surface area contributed by atoms with E-state index in [-0.39, 0.29) is 24.4 Å².